The van der Waals surface area contributed by atoms with Gasteiger partial charge in [0.15, 0.2) is 0 Å². The van der Waals surface area contributed by atoms with Gasteiger partial charge in [0.1, 0.15) is 0 Å². The Balaban J connectivity index is 2.55. The molecule has 1 rings (SSSR count). The van der Waals surface area contributed by atoms with Crippen LogP contribution >= 0.6 is 0 Å². The minimum absolute atomic E-state index is 0.0117. The van der Waals surface area contributed by atoms with Crippen LogP contribution in [0.1, 0.15) is 39.5 Å². The first-order chi connectivity index (χ1) is 8.02. The van der Waals surface area contributed by atoms with E-state index in [2.05, 4.69) is 0 Å². The Morgan fingerprint density at radius 1 is 1.24 bits per heavy atom. The highest BCUT2D eigenvalue weighted by Crippen LogP contribution is 2.13. The SMILES string of the molecule is CC(C)N(CCC(=O)O)C(=O)N1CCCCC1. The molecule has 5 heteroatoms. The molecule has 0 aliphatic carbocycles. The lowest BCUT2D eigenvalue weighted by Gasteiger charge is -2.35. The predicted molar refractivity (Wildman–Crippen MR) is 64.9 cm³/mol. The Bertz CT molecular complexity index is 273. The number of urea groups is 1. The second-order valence-corrected chi connectivity index (χ2v) is 4.76. The molecule has 0 aromatic rings. The van der Waals surface area contributed by atoms with Gasteiger partial charge in [-0.05, 0) is 33.1 Å². The molecule has 0 aromatic heterocycles. The summed E-state index contributed by atoms with van der Waals surface area (Å²) in [5.41, 5.74) is 0. The summed E-state index contributed by atoms with van der Waals surface area (Å²) >= 11 is 0. The molecule has 0 spiro atoms. The molecule has 0 atom stereocenters. The molecule has 0 radical (unpaired) electrons. The fourth-order valence-corrected chi connectivity index (χ4v) is 2.06. The van der Waals surface area contributed by atoms with E-state index >= 15 is 0 Å². The number of carboxylic acids is 1. The molecule has 1 N–H and O–H groups in total. The molecule has 2 amide bonds. The van der Waals surface area contributed by atoms with Crippen molar-refractivity contribution < 1.29 is 14.7 Å². The maximum absolute atomic E-state index is 12.2. The third-order valence-corrected chi connectivity index (χ3v) is 3.06. The molecular formula is C12H22N2O3. The lowest BCUT2D eigenvalue weighted by atomic mass is 10.1. The third-order valence-electron chi connectivity index (χ3n) is 3.06. The lowest BCUT2D eigenvalue weighted by Crippen LogP contribution is -2.48. The smallest absolute Gasteiger partial charge is 0.320 e. The van der Waals surface area contributed by atoms with Crippen molar-refractivity contribution in [1.82, 2.24) is 9.80 Å². The van der Waals surface area contributed by atoms with Crippen molar-refractivity contribution in [2.75, 3.05) is 19.6 Å². The third kappa shape index (κ3) is 4.24. The van der Waals surface area contributed by atoms with E-state index in [0.29, 0.717) is 6.54 Å². The van der Waals surface area contributed by atoms with E-state index in [0.717, 1.165) is 25.9 Å². The van der Waals surface area contributed by atoms with Crippen LogP contribution in [0.25, 0.3) is 0 Å². The van der Waals surface area contributed by atoms with Crippen LogP contribution in [0.2, 0.25) is 0 Å². The summed E-state index contributed by atoms with van der Waals surface area (Å²) in [6.45, 7) is 5.74. The van der Waals surface area contributed by atoms with Crippen LogP contribution in [0, 0.1) is 0 Å². The quantitative estimate of drug-likeness (QED) is 0.817. The number of amides is 2. The largest absolute Gasteiger partial charge is 0.481 e. The molecule has 1 fully saturated rings. The Kier molecular flexibility index (Phi) is 5.25. The summed E-state index contributed by atoms with van der Waals surface area (Å²) in [6.07, 6.45) is 3.30. The summed E-state index contributed by atoms with van der Waals surface area (Å²) in [6, 6.07) is 0.0322. The first-order valence-electron chi connectivity index (χ1n) is 6.29. The van der Waals surface area contributed by atoms with Crippen molar-refractivity contribution >= 4 is 12.0 Å². The molecule has 1 aliphatic heterocycles. The Morgan fingerprint density at radius 2 is 1.82 bits per heavy atom. The number of hydrogen-bond acceptors (Lipinski definition) is 2. The first kappa shape index (κ1) is 13.8. The van der Waals surface area contributed by atoms with Gasteiger partial charge in [-0.3, -0.25) is 4.79 Å². The van der Waals surface area contributed by atoms with Crippen LogP contribution in [-0.4, -0.2) is 52.6 Å². The van der Waals surface area contributed by atoms with Gasteiger partial charge in [0.05, 0.1) is 6.42 Å². The Labute approximate surface area is 102 Å². The minimum Gasteiger partial charge on any atom is -0.481 e. The van der Waals surface area contributed by atoms with E-state index in [-0.39, 0.29) is 18.5 Å². The molecular weight excluding hydrogens is 220 g/mol. The van der Waals surface area contributed by atoms with Crippen LogP contribution in [0.3, 0.4) is 0 Å². The van der Waals surface area contributed by atoms with Gasteiger partial charge in [-0.25, -0.2) is 4.79 Å². The predicted octanol–water partition coefficient (Wildman–Crippen LogP) is 1.78. The number of nitrogens with zero attached hydrogens (tertiary/aromatic N) is 2. The van der Waals surface area contributed by atoms with Crippen molar-refractivity contribution in [3.63, 3.8) is 0 Å². The second kappa shape index (κ2) is 6.47. The number of piperidine rings is 1. The number of hydrogen-bond donors (Lipinski definition) is 1. The average molecular weight is 242 g/mol. The standard InChI is InChI=1S/C12H22N2O3/c1-10(2)14(9-6-11(15)16)12(17)13-7-4-3-5-8-13/h10H,3-9H2,1-2H3,(H,15,16). The second-order valence-electron chi connectivity index (χ2n) is 4.76. The first-order valence-corrected chi connectivity index (χ1v) is 6.29. The van der Waals surface area contributed by atoms with Crippen molar-refractivity contribution in [3.05, 3.63) is 0 Å². The zero-order valence-corrected chi connectivity index (χ0v) is 10.7. The lowest BCUT2D eigenvalue weighted by molar-refractivity contribution is -0.137. The molecule has 1 heterocycles. The number of carbonyl (C=O) groups is 2. The van der Waals surface area contributed by atoms with Crippen LogP contribution in [-0.2, 0) is 4.79 Å². The molecule has 5 nitrogen and oxygen atoms in total. The van der Waals surface area contributed by atoms with Gasteiger partial charge in [0.25, 0.3) is 0 Å². The molecule has 1 aliphatic rings. The van der Waals surface area contributed by atoms with Gasteiger partial charge in [-0.2, -0.15) is 0 Å². The highest BCUT2D eigenvalue weighted by molar-refractivity contribution is 5.76. The molecule has 0 bridgehead atoms. The molecule has 0 saturated carbocycles. The Hall–Kier alpha value is -1.26. The van der Waals surface area contributed by atoms with Gasteiger partial charge < -0.3 is 14.9 Å². The van der Waals surface area contributed by atoms with E-state index in [1.165, 1.54) is 6.42 Å². The maximum atomic E-state index is 12.2. The maximum Gasteiger partial charge on any atom is 0.320 e. The summed E-state index contributed by atoms with van der Waals surface area (Å²) in [5.74, 6) is -0.859. The van der Waals surface area contributed by atoms with Gasteiger partial charge in [0, 0.05) is 25.7 Å². The van der Waals surface area contributed by atoms with Gasteiger partial charge >= 0.3 is 12.0 Å². The van der Waals surface area contributed by atoms with E-state index < -0.39 is 5.97 Å². The van der Waals surface area contributed by atoms with Crippen LogP contribution < -0.4 is 0 Å². The number of likely N-dealkylation sites (tertiary alicyclic amines) is 1. The highest BCUT2D eigenvalue weighted by Gasteiger charge is 2.24. The molecule has 0 aromatic carbocycles. The normalized spacial score (nSPS) is 16.1. The molecule has 0 unspecified atom stereocenters. The van der Waals surface area contributed by atoms with Gasteiger partial charge in [-0.1, -0.05) is 0 Å². The topological polar surface area (TPSA) is 60.9 Å². The Morgan fingerprint density at radius 3 is 2.29 bits per heavy atom. The minimum atomic E-state index is -0.859. The van der Waals surface area contributed by atoms with E-state index in [4.69, 9.17) is 5.11 Å². The van der Waals surface area contributed by atoms with Crippen LogP contribution in [0.15, 0.2) is 0 Å². The van der Waals surface area contributed by atoms with Crippen molar-refractivity contribution in [2.45, 2.75) is 45.6 Å². The van der Waals surface area contributed by atoms with Gasteiger partial charge in [0.2, 0.25) is 0 Å². The fraction of sp³-hybridized carbons (Fsp3) is 0.833. The zero-order chi connectivity index (χ0) is 12.8. The zero-order valence-electron chi connectivity index (χ0n) is 10.7. The molecule has 98 valence electrons. The van der Waals surface area contributed by atoms with Crippen LogP contribution in [0.4, 0.5) is 4.79 Å². The molecule has 17 heavy (non-hydrogen) atoms. The van der Waals surface area contributed by atoms with Crippen molar-refractivity contribution in [3.8, 4) is 0 Å². The van der Waals surface area contributed by atoms with Crippen LogP contribution in [0.5, 0.6) is 0 Å². The number of carboxylic acid groups (broad SMARTS) is 1. The monoisotopic (exact) mass is 242 g/mol. The van der Waals surface area contributed by atoms with Crippen molar-refractivity contribution in [2.24, 2.45) is 0 Å². The summed E-state index contributed by atoms with van der Waals surface area (Å²) < 4.78 is 0. The van der Waals surface area contributed by atoms with Gasteiger partial charge in [-0.15, -0.1) is 0 Å². The van der Waals surface area contributed by atoms with E-state index in [9.17, 15) is 9.59 Å². The average Bonchev–Trinajstić information content (AvgIpc) is 2.29. The number of carbonyl (C=O) groups excluding carboxylic acids is 1. The van der Waals surface area contributed by atoms with E-state index in [1.54, 1.807) is 4.90 Å². The highest BCUT2D eigenvalue weighted by atomic mass is 16.4. The number of aliphatic carboxylic acids is 1. The summed E-state index contributed by atoms with van der Waals surface area (Å²) in [4.78, 5) is 26.3. The summed E-state index contributed by atoms with van der Waals surface area (Å²) in [7, 11) is 0. The number of rotatable bonds is 4. The van der Waals surface area contributed by atoms with E-state index in [1.807, 2.05) is 18.7 Å². The molecule has 1 saturated heterocycles. The van der Waals surface area contributed by atoms with Crippen molar-refractivity contribution in [1.29, 1.82) is 0 Å². The fourth-order valence-electron chi connectivity index (χ4n) is 2.06. The summed E-state index contributed by atoms with van der Waals surface area (Å²) in [5, 5.41) is 8.68.